The molecule has 6 aliphatic carbocycles. The molecule has 6 saturated carbocycles. The molecular weight excluding hydrogens is 218 g/mol. The Morgan fingerprint density at radius 1 is 0.688 bits per heavy atom. The zero-order chi connectivity index (χ0) is 9.41. The van der Waals surface area contributed by atoms with Gasteiger partial charge in [-0.1, -0.05) is 0 Å². The molecule has 0 radical (unpaired) electrons. The van der Waals surface area contributed by atoms with Crippen molar-refractivity contribution in [2.45, 2.75) is 25.7 Å². The van der Waals surface area contributed by atoms with Gasteiger partial charge in [0.05, 0.1) is 0 Å². The van der Waals surface area contributed by atoms with E-state index in [1.807, 2.05) is 0 Å². The van der Waals surface area contributed by atoms with Crippen LogP contribution in [-0.2, 0) is 0 Å². The Balaban J connectivity index is 0.000000667. The van der Waals surface area contributed by atoms with Crippen LogP contribution in [0, 0.1) is 46.3 Å². The van der Waals surface area contributed by atoms with Gasteiger partial charge in [0.15, 0.2) is 0 Å². The van der Waals surface area contributed by atoms with Gasteiger partial charge in [-0.05, 0) is 72.0 Å². The molecule has 1 heterocycles. The number of hydrogen-bond acceptors (Lipinski definition) is 1. The van der Waals surface area contributed by atoms with E-state index in [0.29, 0.717) is 0 Å². The molecular formula is C14H20ClN. The van der Waals surface area contributed by atoms with E-state index >= 15 is 0 Å². The zero-order valence-corrected chi connectivity index (χ0v) is 10.4. The second-order valence-corrected chi connectivity index (χ2v) is 7.42. The van der Waals surface area contributed by atoms with Crippen LogP contribution in [-0.4, -0.2) is 13.1 Å². The molecule has 1 aliphatic heterocycles. The predicted octanol–water partition coefficient (Wildman–Crippen LogP) is 2.31. The van der Waals surface area contributed by atoms with Crippen LogP contribution in [0.2, 0.25) is 0 Å². The largest absolute Gasteiger partial charge is 0.316 e. The average molecular weight is 238 g/mol. The molecule has 0 aromatic heterocycles. The Kier molecular flexibility index (Phi) is 1.29. The van der Waals surface area contributed by atoms with Crippen LogP contribution in [0.3, 0.4) is 0 Å². The number of halogens is 1. The van der Waals surface area contributed by atoms with Crippen molar-refractivity contribution in [3.63, 3.8) is 0 Å². The molecule has 7 aliphatic rings. The fourth-order valence-electron chi connectivity index (χ4n) is 8.79. The summed E-state index contributed by atoms with van der Waals surface area (Å²) in [4.78, 5) is 0. The second-order valence-electron chi connectivity index (χ2n) is 7.42. The molecule has 0 aromatic carbocycles. The van der Waals surface area contributed by atoms with E-state index in [-0.39, 0.29) is 12.4 Å². The molecule has 88 valence electrons. The van der Waals surface area contributed by atoms with Crippen molar-refractivity contribution in [3.8, 4) is 0 Å². The van der Waals surface area contributed by atoms with E-state index in [2.05, 4.69) is 5.32 Å². The van der Waals surface area contributed by atoms with Crippen molar-refractivity contribution >= 4 is 12.4 Å². The van der Waals surface area contributed by atoms with Gasteiger partial charge in [0.25, 0.3) is 0 Å². The van der Waals surface area contributed by atoms with Crippen LogP contribution in [0.25, 0.3) is 0 Å². The van der Waals surface area contributed by atoms with Crippen molar-refractivity contribution in [1.82, 2.24) is 5.32 Å². The summed E-state index contributed by atoms with van der Waals surface area (Å²) in [7, 11) is 0. The second kappa shape index (κ2) is 2.23. The standard InChI is InChI=1S/C14H19N.ClH/c1-2-8-11-7(1)13-5-15-6-14(8,13)10-4-3-9(13)12(10)11;/h7-12,15H,1-6H2;1H. The number of rotatable bonds is 0. The van der Waals surface area contributed by atoms with Gasteiger partial charge < -0.3 is 5.32 Å². The fourth-order valence-corrected chi connectivity index (χ4v) is 8.79. The predicted molar refractivity (Wildman–Crippen MR) is 64.4 cm³/mol. The van der Waals surface area contributed by atoms with E-state index < -0.39 is 0 Å². The summed E-state index contributed by atoms with van der Waals surface area (Å²) in [5.41, 5.74) is 1.71. The van der Waals surface area contributed by atoms with E-state index in [1.54, 1.807) is 25.7 Å². The smallest absolute Gasteiger partial charge is 0.00196 e. The Labute approximate surface area is 103 Å². The van der Waals surface area contributed by atoms with Gasteiger partial charge in [0, 0.05) is 13.1 Å². The van der Waals surface area contributed by atoms with Crippen molar-refractivity contribution in [2.75, 3.05) is 13.1 Å². The van der Waals surface area contributed by atoms with Crippen molar-refractivity contribution in [1.29, 1.82) is 0 Å². The Bertz CT molecular complexity index is 327. The third kappa shape index (κ3) is 0.493. The first-order chi connectivity index (χ1) is 7.41. The maximum Gasteiger partial charge on any atom is 0.00196 e. The fraction of sp³-hybridized carbons (Fsp3) is 1.00. The molecule has 7 rings (SSSR count). The molecule has 2 spiro atoms. The lowest BCUT2D eigenvalue weighted by Gasteiger charge is -2.51. The van der Waals surface area contributed by atoms with Crippen LogP contribution < -0.4 is 5.32 Å². The highest BCUT2D eigenvalue weighted by Crippen LogP contribution is 2.93. The first-order valence-corrected chi connectivity index (χ1v) is 7.12. The maximum absolute atomic E-state index is 3.82. The van der Waals surface area contributed by atoms with Gasteiger partial charge in [0.1, 0.15) is 0 Å². The van der Waals surface area contributed by atoms with E-state index in [1.165, 1.54) is 48.6 Å². The Morgan fingerprint density at radius 3 is 1.44 bits per heavy atom. The molecule has 7 fully saturated rings. The third-order valence-corrected chi connectivity index (χ3v) is 8.23. The van der Waals surface area contributed by atoms with E-state index in [9.17, 15) is 0 Å². The summed E-state index contributed by atoms with van der Waals surface area (Å²) in [6.45, 7) is 2.84. The van der Waals surface area contributed by atoms with Gasteiger partial charge in [-0.3, -0.25) is 0 Å². The molecule has 4 atom stereocenters. The molecule has 1 saturated heterocycles. The monoisotopic (exact) mass is 237 g/mol. The molecule has 1 nitrogen and oxygen atoms in total. The maximum atomic E-state index is 3.82. The topological polar surface area (TPSA) is 12.0 Å². The van der Waals surface area contributed by atoms with Gasteiger partial charge in [-0.15, -0.1) is 12.4 Å². The summed E-state index contributed by atoms with van der Waals surface area (Å²) >= 11 is 0. The van der Waals surface area contributed by atoms with Crippen LogP contribution in [0.1, 0.15) is 25.7 Å². The van der Waals surface area contributed by atoms with Crippen molar-refractivity contribution in [2.24, 2.45) is 46.3 Å². The number of hydrogen-bond donors (Lipinski definition) is 1. The van der Waals surface area contributed by atoms with Crippen molar-refractivity contribution < 1.29 is 0 Å². The zero-order valence-electron chi connectivity index (χ0n) is 9.61. The highest BCUT2D eigenvalue weighted by atomic mass is 35.5. The first kappa shape index (κ1) is 9.22. The summed E-state index contributed by atoms with van der Waals surface area (Å²) in [5.74, 6) is 7.19. The summed E-state index contributed by atoms with van der Waals surface area (Å²) < 4.78 is 0. The Hall–Kier alpha value is 0.250. The summed E-state index contributed by atoms with van der Waals surface area (Å²) in [5, 5.41) is 3.82. The van der Waals surface area contributed by atoms with Gasteiger partial charge in [0.2, 0.25) is 0 Å². The molecule has 2 heteroatoms. The number of nitrogens with one attached hydrogen (secondary N) is 1. The van der Waals surface area contributed by atoms with Gasteiger partial charge >= 0.3 is 0 Å². The lowest BCUT2D eigenvalue weighted by atomic mass is 9.52. The van der Waals surface area contributed by atoms with Gasteiger partial charge in [-0.2, -0.15) is 0 Å². The SMILES string of the molecule is C1CC2C3C4C5CCC4C24CNCC54C13.Cl. The van der Waals surface area contributed by atoms with Crippen LogP contribution >= 0.6 is 12.4 Å². The minimum Gasteiger partial charge on any atom is -0.316 e. The first-order valence-electron chi connectivity index (χ1n) is 7.12. The molecule has 0 amide bonds. The van der Waals surface area contributed by atoms with Gasteiger partial charge in [-0.25, -0.2) is 0 Å². The molecule has 1 N–H and O–H groups in total. The summed E-state index contributed by atoms with van der Waals surface area (Å²) in [6, 6.07) is 0. The lowest BCUT2D eigenvalue weighted by molar-refractivity contribution is -0.0289. The molecule has 16 heavy (non-hydrogen) atoms. The van der Waals surface area contributed by atoms with Crippen LogP contribution in [0.4, 0.5) is 0 Å². The van der Waals surface area contributed by atoms with Crippen LogP contribution in [0.15, 0.2) is 0 Å². The quantitative estimate of drug-likeness (QED) is 0.682. The lowest BCUT2D eigenvalue weighted by Crippen LogP contribution is -2.49. The normalized spacial score (nSPS) is 75.0. The average Bonchev–Trinajstić information content (AvgIpc) is 3.03. The Morgan fingerprint density at radius 2 is 1.06 bits per heavy atom. The van der Waals surface area contributed by atoms with E-state index in [4.69, 9.17) is 0 Å². The highest BCUT2D eigenvalue weighted by Gasteiger charge is 2.90. The molecule has 0 aromatic rings. The minimum absolute atomic E-state index is 0. The van der Waals surface area contributed by atoms with Crippen molar-refractivity contribution in [3.05, 3.63) is 0 Å². The highest BCUT2D eigenvalue weighted by molar-refractivity contribution is 5.85. The molecule has 8 bridgehead atoms. The van der Waals surface area contributed by atoms with Crippen LogP contribution in [0.5, 0.6) is 0 Å². The third-order valence-electron chi connectivity index (χ3n) is 8.23. The summed E-state index contributed by atoms with van der Waals surface area (Å²) in [6.07, 6.45) is 6.44. The molecule has 4 unspecified atom stereocenters. The minimum atomic E-state index is 0. The van der Waals surface area contributed by atoms with E-state index in [0.717, 1.165) is 10.8 Å².